The zero-order valence-electron chi connectivity index (χ0n) is 7.34. The zero-order valence-corrected chi connectivity index (χ0v) is 7.34. The second kappa shape index (κ2) is 4.42. The van der Waals surface area contributed by atoms with Crippen LogP contribution >= 0.6 is 0 Å². The fourth-order valence-electron chi connectivity index (χ4n) is 1.41. The Morgan fingerprint density at radius 2 is 2.17 bits per heavy atom. The maximum Gasteiger partial charge on any atom is 0.320 e. The van der Waals surface area contributed by atoms with Gasteiger partial charge in [0.25, 0.3) is 0 Å². The van der Waals surface area contributed by atoms with E-state index in [1.165, 1.54) is 0 Å². The second-order valence-electron chi connectivity index (χ2n) is 3.25. The van der Waals surface area contributed by atoms with Crippen molar-refractivity contribution in [3.8, 4) is 0 Å². The van der Waals surface area contributed by atoms with Crippen LogP contribution in [0, 0.1) is 0 Å². The molecular formula is C8H16N2O2. The van der Waals surface area contributed by atoms with E-state index in [0.29, 0.717) is 6.04 Å². The fourth-order valence-corrected chi connectivity index (χ4v) is 1.41. The number of nitrogens with one attached hydrogen (secondary N) is 2. The van der Waals surface area contributed by atoms with Crippen LogP contribution in [0.5, 0.6) is 0 Å². The molecule has 0 aliphatic carbocycles. The van der Waals surface area contributed by atoms with E-state index in [1.54, 1.807) is 6.92 Å². The van der Waals surface area contributed by atoms with E-state index in [0.717, 1.165) is 25.9 Å². The number of carboxylic acids is 1. The van der Waals surface area contributed by atoms with Crippen LogP contribution in [-0.2, 0) is 4.79 Å². The van der Waals surface area contributed by atoms with Gasteiger partial charge in [0.05, 0.1) is 0 Å². The van der Waals surface area contributed by atoms with Crippen LogP contribution in [-0.4, -0.2) is 36.2 Å². The molecule has 1 aliphatic rings. The molecule has 1 saturated heterocycles. The molecule has 1 aliphatic heterocycles. The molecule has 1 rings (SSSR count). The van der Waals surface area contributed by atoms with Crippen molar-refractivity contribution in [2.45, 2.75) is 31.8 Å². The number of hydrogen-bond donors (Lipinski definition) is 3. The molecule has 70 valence electrons. The Morgan fingerprint density at radius 3 is 2.67 bits per heavy atom. The third kappa shape index (κ3) is 2.79. The third-order valence-corrected chi connectivity index (χ3v) is 2.20. The van der Waals surface area contributed by atoms with E-state index >= 15 is 0 Å². The fraction of sp³-hybridized carbons (Fsp3) is 0.875. The van der Waals surface area contributed by atoms with E-state index in [9.17, 15) is 4.79 Å². The normalized spacial score (nSPS) is 22.1. The third-order valence-electron chi connectivity index (χ3n) is 2.20. The summed E-state index contributed by atoms with van der Waals surface area (Å²) in [7, 11) is 0. The van der Waals surface area contributed by atoms with Gasteiger partial charge in [-0.1, -0.05) is 0 Å². The highest BCUT2D eigenvalue weighted by Crippen LogP contribution is 2.02. The summed E-state index contributed by atoms with van der Waals surface area (Å²) in [4.78, 5) is 10.5. The highest BCUT2D eigenvalue weighted by atomic mass is 16.4. The maximum atomic E-state index is 10.5. The minimum atomic E-state index is -0.770. The van der Waals surface area contributed by atoms with Gasteiger partial charge in [-0.15, -0.1) is 0 Å². The first-order valence-corrected chi connectivity index (χ1v) is 4.39. The summed E-state index contributed by atoms with van der Waals surface area (Å²) in [5.41, 5.74) is 0. The van der Waals surface area contributed by atoms with Gasteiger partial charge in [0.2, 0.25) is 0 Å². The van der Waals surface area contributed by atoms with Gasteiger partial charge >= 0.3 is 5.97 Å². The van der Waals surface area contributed by atoms with Crippen LogP contribution < -0.4 is 10.6 Å². The average molecular weight is 172 g/mol. The number of rotatable bonds is 3. The molecule has 3 N–H and O–H groups in total. The quantitative estimate of drug-likeness (QED) is 0.552. The molecule has 0 radical (unpaired) electrons. The molecule has 0 aromatic heterocycles. The molecule has 0 amide bonds. The summed E-state index contributed by atoms with van der Waals surface area (Å²) in [5, 5.41) is 14.9. The van der Waals surface area contributed by atoms with Gasteiger partial charge in [-0.3, -0.25) is 4.79 Å². The van der Waals surface area contributed by atoms with E-state index in [4.69, 9.17) is 5.11 Å². The molecule has 1 heterocycles. The highest BCUT2D eigenvalue weighted by molar-refractivity contribution is 5.72. The molecule has 0 bridgehead atoms. The Balaban J connectivity index is 2.24. The van der Waals surface area contributed by atoms with Crippen LogP contribution in [0.1, 0.15) is 19.8 Å². The van der Waals surface area contributed by atoms with Gasteiger partial charge in [-0.2, -0.15) is 0 Å². The summed E-state index contributed by atoms with van der Waals surface area (Å²) in [6.45, 7) is 3.67. The molecule has 1 atom stereocenters. The molecule has 0 aromatic carbocycles. The molecule has 0 saturated carbocycles. The van der Waals surface area contributed by atoms with Crippen LogP contribution in [0.3, 0.4) is 0 Å². The van der Waals surface area contributed by atoms with Crippen molar-refractivity contribution in [2.24, 2.45) is 0 Å². The van der Waals surface area contributed by atoms with Crippen molar-refractivity contribution in [2.75, 3.05) is 13.1 Å². The first-order valence-electron chi connectivity index (χ1n) is 4.39. The summed E-state index contributed by atoms with van der Waals surface area (Å²) in [6, 6.07) is -0.0505. The van der Waals surface area contributed by atoms with Crippen LogP contribution in [0.15, 0.2) is 0 Å². The van der Waals surface area contributed by atoms with Gasteiger partial charge in [-0.25, -0.2) is 0 Å². The predicted octanol–water partition coefficient (Wildman–Crippen LogP) is -0.199. The second-order valence-corrected chi connectivity index (χ2v) is 3.25. The topological polar surface area (TPSA) is 61.4 Å². The van der Waals surface area contributed by atoms with Crippen molar-refractivity contribution in [1.82, 2.24) is 10.6 Å². The largest absolute Gasteiger partial charge is 0.480 e. The Bertz CT molecular complexity index is 155. The van der Waals surface area contributed by atoms with Crippen molar-refractivity contribution in [3.05, 3.63) is 0 Å². The summed E-state index contributed by atoms with van der Waals surface area (Å²) >= 11 is 0. The van der Waals surface area contributed by atoms with Gasteiger partial charge in [0.1, 0.15) is 6.04 Å². The summed E-state index contributed by atoms with van der Waals surface area (Å²) < 4.78 is 0. The lowest BCUT2D eigenvalue weighted by molar-refractivity contribution is -0.139. The van der Waals surface area contributed by atoms with Crippen LogP contribution in [0.4, 0.5) is 0 Å². The Kier molecular flexibility index (Phi) is 3.49. The standard InChI is InChI=1S/C8H16N2O2/c1-6(8(11)12)10-7-2-4-9-5-3-7/h6-7,9-10H,2-5H2,1H3,(H,11,12)/t6-/m0/s1. The molecule has 12 heavy (non-hydrogen) atoms. The van der Waals surface area contributed by atoms with Gasteiger partial charge in [0, 0.05) is 6.04 Å². The number of aliphatic carboxylic acids is 1. The average Bonchev–Trinajstić information content (AvgIpc) is 2.06. The Morgan fingerprint density at radius 1 is 1.58 bits per heavy atom. The SMILES string of the molecule is C[C@H](NC1CCNCC1)C(=O)O. The van der Waals surface area contributed by atoms with E-state index < -0.39 is 12.0 Å². The van der Waals surface area contributed by atoms with E-state index in [1.807, 2.05) is 0 Å². The van der Waals surface area contributed by atoms with Crippen molar-refractivity contribution in [3.63, 3.8) is 0 Å². The molecule has 0 unspecified atom stereocenters. The Labute approximate surface area is 72.3 Å². The minimum Gasteiger partial charge on any atom is -0.480 e. The van der Waals surface area contributed by atoms with Gasteiger partial charge in [-0.05, 0) is 32.9 Å². The van der Waals surface area contributed by atoms with Crippen molar-refractivity contribution < 1.29 is 9.90 Å². The highest BCUT2D eigenvalue weighted by Gasteiger charge is 2.18. The first-order chi connectivity index (χ1) is 5.70. The minimum absolute atomic E-state index is 0.373. The zero-order chi connectivity index (χ0) is 8.97. The smallest absolute Gasteiger partial charge is 0.320 e. The summed E-state index contributed by atoms with van der Waals surface area (Å²) in [5.74, 6) is -0.770. The van der Waals surface area contributed by atoms with Gasteiger partial charge in [0.15, 0.2) is 0 Å². The number of piperidine rings is 1. The maximum absolute atomic E-state index is 10.5. The lowest BCUT2D eigenvalue weighted by Gasteiger charge is -2.25. The lowest BCUT2D eigenvalue weighted by Crippen LogP contribution is -2.46. The van der Waals surface area contributed by atoms with Crippen LogP contribution in [0.25, 0.3) is 0 Å². The molecule has 0 aromatic rings. The van der Waals surface area contributed by atoms with Crippen molar-refractivity contribution >= 4 is 5.97 Å². The molecule has 0 spiro atoms. The molecule has 4 nitrogen and oxygen atoms in total. The number of carbonyl (C=O) groups is 1. The number of carboxylic acid groups (broad SMARTS) is 1. The molecule has 4 heteroatoms. The van der Waals surface area contributed by atoms with E-state index in [-0.39, 0.29) is 0 Å². The van der Waals surface area contributed by atoms with Crippen molar-refractivity contribution in [1.29, 1.82) is 0 Å². The monoisotopic (exact) mass is 172 g/mol. The lowest BCUT2D eigenvalue weighted by atomic mass is 10.1. The van der Waals surface area contributed by atoms with E-state index in [2.05, 4.69) is 10.6 Å². The predicted molar refractivity (Wildman–Crippen MR) is 46.1 cm³/mol. The molecular weight excluding hydrogens is 156 g/mol. The first kappa shape index (κ1) is 9.48. The molecule has 1 fully saturated rings. The number of hydrogen-bond acceptors (Lipinski definition) is 3. The van der Waals surface area contributed by atoms with Gasteiger partial charge < -0.3 is 15.7 Å². The summed E-state index contributed by atoms with van der Waals surface area (Å²) in [6.07, 6.45) is 2.05. The Hall–Kier alpha value is -0.610. The van der Waals surface area contributed by atoms with Crippen LogP contribution in [0.2, 0.25) is 0 Å².